The average Bonchev–Trinajstić information content (AvgIpc) is 3.22. The fraction of sp³-hybridized carbons (Fsp3) is 0.286. The van der Waals surface area contributed by atoms with Gasteiger partial charge in [0.05, 0.1) is 13.0 Å². The molecule has 176 valence electrons. The minimum Gasteiger partial charge on any atom is -0.497 e. The van der Waals surface area contributed by atoms with E-state index in [0.717, 1.165) is 22.6 Å². The summed E-state index contributed by atoms with van der Waals surface area (Å²) in [6.07, 6.45) is 0.176. The van der Waals surface area contributed by atoms with Gasteiger partial charge >= 0.3 is 0 Å². The van der Waals surface area contributed by atoms with Crippen molar-refractivity contribution in [2.24, 2.45) is 5.92 Å². The molecule has 34 heavy (non-hydrogen) atoms. The van der Waals surface area contributed by atoms with Gasteiger partial charge in [-0.1, -0.05) is 32.0 Å². The highest BCUT2D eigenvalue weighted by Crippen LogP contribution is 2.32. The van der Waals surface area contributed by atoms with Gasteiger partial charge in [0.15, 0.2) is 0 Å². The summed E-state index contributed by atoms with van der Waals surface area (Å²) in [6.45, 7) is 6.65. The largest absolute Gasteiger partial charge is 0.497 e. The summed E-state index contributed by atoms with van der Waals surface area (Å²) in [5.41, 5.74) is 3.68. The van der Waals surface area contributed by atoms with Crippen molar-refractivity contribution < 1.29 is 19.1 Å². The second-order valence-corrected chi connectivity index (χ2v) is 8.92. The van der Waals surface area contributed by atoms with E-state index < -0.39 is 5.92 Å². The molecule has 0 saturated carbocycles. The monoisotopic (exact) mass is 458 g/mol. The van der Waals surface area contributed by atoms with Crippen molar-refractivity contribution >= 4 is 23.2 Å². The van der Waals surface area contributed by atoms with Crippen LogP contribution < -0.4 is 19.7 Å². The van der Waals surface area contributed by atoms with Crippen LogP contribution in [0.5, 0.6) is 17.2 Å². The summed E-state index contributed by atoms with van der Waals surface area (Å²) in [6, 6.07) is 20.8. The highest BCUT2D eigenvalue weighted by molar-refractivity contribution is 6.03. The lowest BCUT2D eigenvalue weighted by Crippen LogP contribution is -2.28. The number of carbonyl (C=O) groups excluding carboxylic acids is 2. The van der Waals surface area contributed by atoms with E-state index in [0.29, 0.717) is 29.6 Å². The van der Waals surface area contributed by atoms with Gasteiger partial charge in [0.1, 0.15) is 17.2 Å². The van der Waals surface area contributed by atoms with Crippen LogP contribution in [0.1, 0.15) is 37.3 Å². The molecule has 1 saturated heterocycles. The van der Waals surface area contributed by atoms with Crippen molar-refractivity contribution in [2.75, 3.05) is 23.9 Å². The first-order valence-corrected chi connectivity index (χ1v) is 11.5. The Hall–Kier alpha value is -3.80. The molecule has 0 radical (unpaired) electrons. The molecule has 0 aliphatic carbocycles. The molecule has 2 amide bonds. The van der Waals surface area contributed by atoms with Gasteiger partial charge in [0.25, 0.3) is 0 Å². The summed E-state index contributed by atoms with van der Waals surface area (Å²) in [7, 11) is 1.58. The lowest BCUT2D eigenvalue weighted by molar-refractivity contribution is -0.122. The lowest BCUT2D eigenvalue weighted by atomic mass is 10.0. The standard InChI is InChI=1S/C28H30N2O4/c1-18(2)25-13-8-19(3)14-26(25)34-23-11-9-21(10-12-23)29-28(32)20-15-27(31)30(17-20)22-6-5-7-24(16-22)33-4/h5-14,16,18,20H,15,17H2,1-4H3,(H,29,32)/t20-/m0/s1. The number of hydrogen-bond donors (Lipinski definition) is 1. The molecule has 4 rings (SSSR count). The molecule has 1 fully saturated rings. The highest BCUT2D eigenvalue weighted by Gasteiger charge is 2.35. The van der Waals surface area contributed by atoms with Crippen LogP contribution >= 0.6 is 0 Å². The summed E-state index contributed by atoms with van der Waals surface area (Å²) in [5, 5.41) is 2.93. The number of amides is 2. The molecule has 3 aromatic rings. The van der Waals surface area contributed by atoms with E-state index >= 15 is 0 Å². The molecule has 0 unspecified atom stereocenters. The van der Waals surface area contributed by atoms with Gasteiger partial charge in [0.2, 0.25) is 11.8 Å². The van der Waals surface area contributed by atoms with Crippen LogP contribution in [-0.4, -0.2) is 25.5 Å². The van der Waals surface area contributed by atoms with Crippen molar-refractivity contribution in [3.8, 4) is 17.2 Å². The Labute approximate surface area is 200 Å². The molecule has 6 heteroatoms. The van der Waals surface area contributed by atoms with Crippen LogP contribution in [0.3, 0.4) is 0 Å². The van der Waals surface area contributed by atoms with Crippen molar-refractivity contribution in [1.29, 1.82) is 0 Å². The first-order valence-electron chi connectivity index (χ1n) is 11.5. The van der Waals surface area contributed by atoms with Gasteiger partial charge in [-0.15, -0.1) is 0 Å². The first-order chi connectivity index (χ1) is 16.3. The maximum Gasteiger partial charge on any atom is 0.229 e. The van der Waals surface area contributed by atoms with Crippen molar-refractivity contribution in [3.05, 3.63) is 77.9 Å². The number of hydrogen-bond acceptors (Lipinski definition) is 4. The Kier molecular flexibility index (Phi) is 6.87. The number of ether oxygens (including phenoxy) is 2. The number of rotatable bonds is 7. The van der Waals surface area contributed by atoms with Crippen LogP contribution in [0.15, 0.2) is 66.7 Å². The lowest BCUT2D eigenvalue weighted by Gasteiger charge is -2.17. The number of benzene rings is 3. The van der Waals surface area contributed by atoms with Crippen molar-refractivity contribution in [3.63, 3.8) is 0 Å². The molecule has 0 aromatic heterocycles. The fourth-order valence-electron chi connectivity index (χ4n) is 4.10. The molecule has 0 bridgehead atoms. The number of nitrogens with one attached hydrogen (secondary N) is 1. The SMILES string of the molecule is COc1cccc(N2C[C@@H](C(=O)Nc3ccc(Oc4cc(C)ccc4C(C)C)cc3)CC2=O)c1. The normalized spacial score (nSPS) is 15.5. The molecule has 1 aliphatic rings. The van der Waals surface area contributed by atoms with E-state index in [-0.39, 0.29) is 18.2 Å². The topological polar surface area (TPSA) is 67.9 Å². The molecule has 6 nitrogen and oxygen atoms in total. The van der Waals surface area contributed by atoms with E-state index in [1.807, 2.05) is 55.5 Å². The van der Waals surface area contributed by atoms with E-state index in [2.05, 4.69) is 31.3 Å². The Morgan fingerprint density at radius 1 is 1.03 bits per heavy atom. The molecule has 1 N–H and O–H groups in total. The van der Waals surface area contributed by atoms with Crippen LogP contribution in [-0.2, 0) is 9.59 Å². The Balaban J connectivity index is 1.40. The number of methoxy groups -OCH3 is 1. The van der Waals surface area contributed by atoms with Crippen molar-refractivity contribution in [2.45, 2.75) is 33.1 Å². The summed E-state index contributed by atoms with van der Waals surface area (Å²) >= 11 is 0. The van der Waals surface area contributed by atoms with Gasteiger partial charge in [-0.2, -0.15) is 0 Å². The average molecular weight is 459 g/mol. The van der Waals surface area contributed by atoms with Crippen LogP contribution in [0.4, 0.5) is 11.4 Å². The fourth-order valence-corrected chi connectivity index (χ4v) is 4.10. The van der Waals surface area contributed by atoms with Gasteiger partial charge in [-0.25, -0.2) is 0 Å². The van der Waals surface area contributed by atoms with Crippen LogP contribution in [0.25, 0.3) is 0 Å². The van der Waals surface area contributed by atoms with E-state index in [1.165, 1.54) is 0 Å². The van der Waals surface area contributed by atoms with Gasteiger partial charge in [0, 0.05) is 30.4 Å². The van der Waals surface area contributed by atoms with E-state index in [4.69, 9.17) is 9.47 Å². The molecule has 1 aliphatic heterocycles. The maximum atomic E-state index is 12.8. The number of anilines is 2. The molecule has 0 spiro atoms. The third-order valence-electron chi connectivity index (χ3n) is 6.00. The number of nitrogens with zero attached hydrogens (tertiary/aromatic N) is 1. The van der Waals surface area contributed by atoms with Crippen LogP contribution in [0.2, 0.25) is 0 Å². The summed E-state index contributed by atoms with van der Waals surface area (Å²) < 4.78 is 11.4. The second kappa shape index (κ2) is 10.00. The number of aryl methyl sites for hydroxylation is 1. The van der Waals surface area contributed by atoms with Crippen molar-refractivity contribution in [1.82, 2.24) is 0 Å². The summed E-state index contributed by atoms with van der Waals surface area (Å²) in [5.74, 6) is 1.89. The molecular weight excluding hydrogens is 428 g/mol. The predicted molar refractivity (Wildman–Crippen MR) is 134 cm³/mol. The predicted octanol–water partition coefficient (Wildman–Crippen LogP) is 5.91. The zero-order valence-electron chi connectivity index (χ0n) is 20.0. The van der Waals surface area contributed by atoms with E-state index in [1.54, 1.807) is 18.1 Å². The second-order valence-electron chi connectivity index (χ2n) is 8.92. The van der Waals surface area contributed by atoms with Gasteiger partial charge < -0.3 is 19.7 Å². The molecular formula is C28H30N2O4. The number of carbonyl (C=O) groups is 2. The minimum absolute atomic E-state index is 0.0729. The Bertz CT molecular complexity index is 1190. The van der Waals surface area contributed by atoms with Gasteiger partial charge in [-0.3, -0.25) is 9.59 Å². The highest BCUT2D eigenvalue weighted by atomic mass is 16.5. The van der Waals surface area contributed by atoms with Crippen LogP contribution in [0, 0.1) is 12.8 Å². The third kappa shape index (κ3) is 5.22. The Morgan fingerprint density at radius 2 is 1.79 bits per heavy atom. The molecule has 3 aromatic carbocycles. The molecule has 1 heterocycles. The first kappa shape index (κ1) is 23.4. The van der Waals surface area contributed by atoms with Gasteiger partial charge in [-0.05, 0) is 66.4 Å². The zero-order chi connectivity index (χ0) is 24.2. The Morgan fingerprint density at radius 3 is 2.50 bits per heavy atom. The third-order valence-corrected chi connectivity index (χ3v) is 6.00. The summed E-state index contributed by atoms with van der Waals surface area (Å²) in [4.78, 5) is 27.0. The smallest absolute Gasteiger partial charge is 0.229 e. The maximum absolute atomic E-state index is 12.8. The minimum atomic E-state index is -0.421. The van der Waals surface area contributed by atoms with E-state index in [9.17, 15) is 9.59 Å². The molecule has 1 atom stereocenters. The zero-order valence-corrected chi connectivity index (χ0v) is 20.0. The quantitative estimate of drug-likeness (QED) is 0.478.